The number of anilines is 2. The Morgan fingerprint density at radius 3 is 2.71 bits per heavy atom. The number of nitriles is 1. The van der Waals surface area contributed by atoms with Gasteiger partial charge in [0.2, 0.25) is 0 Å². The molecule has 11 nitrogen and oxygen atoms in total. The van der Waals surface area contributed by atoms with Gasteiger partial charge in [0.25, 0.3) is 11.8 Å². The molecular formula is C22H24FN7O4S. The van der Waals surface area contributed by atoms with Crippen LogP contribution >= 0.6 is 0 Å². The van der Waals surface area contributed by atoms with E-state index in [0.29, 0.717) is 16.8 Å². The zero-order chi connectivity index (χ0) is 25.9. The van der Waals surface area contributed by atoms with Crippen LogP contribution in [-0.4, -0.2) is 54.9 Å². The molecule has 2 amide bonds. The number of aryl methyl sites for hydroxylation is 1. The van der Waals surface area contributed by atoms with Crippen LogP contribution < -0.4 is 20.1 Å². The summed E-state index contributed by atoms with van der Waals surface area (Å²) < 4.78 is 35.3. The Kier molecular flexibility index (Phi) is 7.25. The predicted octanol–water partition coefficient (Wildman–Crippen LogP) is 1.71. The molecule has 3 rings (SSSR count). The lowest BCUT2D eigenvalue weighted by Crippen LogP contribution is -2.40. The minimum atomic E-state index is -2.79. The highest BCUT2D eigenvalue weighted by molar-refractivity contribution is 7.98. The van der Waals surface area contributed by atoms with E-state index in [1.54, 1.807) is 6.92 Å². The number of hydrogen-bond acceptors (Lipinski definition) is 8. The summed E-state index contributed by atoms with van der Waals surface area (Å²) in [7, 11) is -2.79. The molecule has 0 saturated heterocycles. The van der Waals surface area contributed by atoms with Gasteiger partial charge in [0.05, 0.1) is 17.3 Å². The van der Waals surface area contributed by atoms with Gasteiger partial charge in [0, 0.05) is 28.2 Å². The van der Waals surface area contributed by atoms with Crippen LogP contribution in [0.2, 0.25) is 0 Å². The molecule has 3 aromatic rings. The summed E-state index contributed by atoms with van der Waals surface area (Å²) in [6.45, 7) is 4.65. The van der Waals surface area contributed by atoms with E-state index < -0.39 is 39.5 Å². The topological polar surface area (TPSA) is 151 Å². The second kappa shape index (κ2) is 9.98. The monoisotopic (exact) mass is 501 g/mol. The van der Waals surface area contributed by atoms with Gasteiger partial charge < -0.3 is 15.4 Å². The van der Waals surface area contributed by atoms with Crippen LogP contribution in [0.4, 0.5) is 15.9 Å². The minimum absolute atomic E-state index is 0.0268. The molecule has 0 bridgehead atoms. The molecule has 0 saturated carbocycles. The van der Waals surface area contributed by atoms with Crippen molar-refractivity contribution in [3.63, 3.8) is 0 Å². The number of ether oxygens (including phenoxy) is 1. The molecule has 0 fully saturated rings. The highest BCUT2D eigenvalue weighted by Crippen LogP contribution is 2.32. The number of hydrogen-bond donors (Lipinski definition) is 3. The number of nitrogens with one attached hydrogen (secondary N) is 3. The average Bonchev–Trinajstić information content (AvgIpc) is 3.11. The largest absolute Gasteiger partial charge is 0.479 e. The van der Waals surface area contributed by atoms with Crippen LogP contribution in [-0.2, 0) is 14.5 Å². The van der Waals surface area contributed by atoms with Gasteiger partial charge in [0.1, 0.15) is 29.5 Å². The Bertz CT molecular complexity index is 1450. The minimum Gasteiger partial charge on any atom is -0.479 e. The third-order valence-corrected chi connectivity index (χ3v) is 5.42. The number of aromatic nitrogens is 3. The van der Waals surface area contributed by atoms with Crippen molar-refractivity contribution in [1.82, 2.24) is 24.6 Å². The Labute approximate surface area is 201 Å². The van der Waals surface area contributed by atoms with Gasteiger partial charge in [-0.15, -0.1) is 0 Å². The normalized spacial score (nSPS) is 14.3. The van der Waals surface area contributed by atoms with Crippen molar-refractivity contribution < 1.29 is 22.9 Å². The molecule has 0 spiro atoms. The third-order valence-electron chi connectivity index (χ3n) is 4.80. The molecule has 0 aliphatic carbocycles. The zero-order valence-corrected chi connectivity index (χ0v) is 20.3. The standard InChI is InChI=1S/C22H24FN7O4S/c1-12(9-24)27-21(31)14(3)34-18-8-15(23)6-7-17(18)28-20-19-13(2)16(10-30(19)26-11-25-20)22(32)29-35(4,5)33/h6-8,10-12,14H,4H2,1-3,5H3,(H,27,31)(H,25,26,28)(H,29,32,33). The Morgan fingerprint density at radius 1 is 1.34 bits per heavy atom. The van der Waals surface area contributed by atoms with Crippen LogP contribution in [0.5, 0.6) is 5.75 Å². The van der Waals surface area contributed by atoms with E-state index >= 15 is 0 Å². The highest BCUT2D eigenvalue weighted by Gasteiger charge is 2.22. The van der Waals surface area contributed by atoms with Crippen molar-refractivity contribution in [2.45, 2.75) is 32.9 Å². The molecule has 35 heavy (non-hydrogen) atoms. The summed E-state index contributed by atoms with van der Waals surface area (Å²) in [6.07, 6.45) is 2.99. The molecule has 0 radical (unpaired) electrons. The molecule has 3 atom stereocenters. The number of fused-ring (bicyclic) bond motifs is 1. The van der Waals surface area contributed by atoms with Crippen LogP contribution in [0.25, 0.3) is 5.52 Å². The van der Waals surface area contributed by atoms with Crippen molar-refractivity contribution in [3.8, 4) is 11.8 Å². The van der Waals surface area contributed by atoms with Crippen molar-refractivity contribution in [3.05, 3.63) is 47.7 Å². The first-order chi connectivity index (χ1) is 16.4. The average molecular weight is 502 g/mol. The van der Waals surface area contributed by atoms with Gasteiger partial charge in [-0.3, -0.25) is 14.3 Å². The van der Waals surface area contributed by atoms with Gasteiger partial charge in [-0.1, -0.05) is 0 Å². The Balaban J connectivity index is 1.95. The molecule has 2 aromatic heterocycles. The van der Waals surface area contributed by atoms with E-state index in [1.165, 1.54) is 49.3 Å². The fourth-order valence-electron chi connectivity index (χ4n) is 3.16. The van der Waals surface area contributed by atoms with Crippen LogP contribution in [0.1, 0.15) is 29.8 Å². The highest BCUT2D eigenvalue weighted by atomic mass is 32.2. The first kappa shape index (κ1) is 25.4. The summed E-state index contributed by atoms with van der Waals surface area (Å²) >= 11 is 0. The number of amides is 2. The van der Waals surface area contributed by atoms with Crippen molar-refractivity contribution in [2.75, 3.05) is 11.6 Å². The van der Waals surface area contributed by atoms with Gasteiger partial charge in [-0.25, -0.2) is 18.1 Å². The van der Waals surface area contributed by atoms with Crippen LogP contribution in [0, 0.1) is 24.1 Å². The van der Waals surface area contributed by atoms with Gasteiger partial charge in [0.15, 0.2) is 11.9 Å². The molecule has 184 valence electrons. The maximum Gasteiger partial charge on any atom is 0.264 e. The zero-order valence-electron chi connectivity index (χ0n) is 19.5. The fraction of sp³-hybridized carbons (Fsp3) is 0.273. The summed E-state index contributed by atoms with van der Waals surface area (Å²) in [4.78, 5) is 29.1. The van der Waals surface area contributed by atoms with Crippen molar-refractivity contribution in [2.24, 2.45) is 0 Å². The van der Waals surface area contributed by atoms with E-state index in [4.69, 9.17) is 10.00 Å². The number of halogens is 1. The van der Waals surface area contributed by atoms with Gasteiger partial charge in [-0.05, 0) is 44.3 Å². The summed E-state index contributed by atoms with van der Waals surface area (Å²) in [5, 5.41) is 18.5. The molecule has 1 aromatic carbocycles. The number of benzene rings is 1. The van der Waals surface area contributed by atoms with E-state index in [0.717, 1.165) is 6.07 Å². The lowest BCUT2D eigenvalue weighted by Gasteiger charge is -2.18. The van der Waals surface area contributed by atoms with Crippen molar-refractivity contribution in [1.29, 1.82) is 5.26 Å². The lowest BCUT2D eigenvalue weighted by molar-refractivity contribution is -0.127. The summed E-state index contributed by atoms with van der Waals surface area (Å²) in [6, 6.07) is 4.88. The SMILES string of the molecule is C=S(C)(=O)NC(=O)c1cn2ncnc(Nc3ccc(F)cc3OC(C)C(=O)NC(C)C#N)c2c1C. The van der Waals surface area contributed by atoms with E-state index in [1.807, 2.05) is 6.07 Å². The molecule has 2 heterocycles. The molecule has 3 N–H and O–H groups in total. The fourth-order valence-corrected chi connectivity index (χ4v) is 3.67. The predicted molar refractivity (Wildman–Crippen MR) is 129 cm³/mol. The summed E-state index contributed by atoms with van der Waals surface area (Å²) in [5.74, 6) is 2.00. The van der Waals surface area contributed by atoms with Crippen LogP contribution in [0.3, 0.4) is 0 Å². The van der Waals surface area contributed by atoms with Gasteiger partial charge in [-0.2, -0.15) is 10.4 Å². The maximum atomic E-state index is 14.0. The Morgan fingerprint density at radius 2 is 2.06 bits per heavy atom. The first-order valence-corrected chi connectivity index (χ1v) is 12.4. The first-order valence-electron chi connectivity index (χ1n) is 10.3. The molecular weight excluding hydrogens is 477 g/mol. The number of carbonyl (C=O) groups is 2. The number of rotatable bonds is 8. The maximum absolute atomic E-state index is 14.0. The second-order valence-electron chi connectivity index (χ2n) is 7.89. The third kappa shape index (κ3) is 6.04. The quantitative estimate of drug-likeness (QED) is 0.395. The smallest absolute Gasteiger partial charge is 0.264 e. The number of nitrogens with zero attached hydrogens (tertiary/aromatic N) is 4. The van der Waals surface area contributed by atoms with E-state index in [-0.39, 0.29) is 17.1 Å². The molecule has 0 aliphatic heterocycles. The van der Waals surface area contributed by atoms with Gasteiger partial charge >= 0.3 is 0 Å². The molecule has 3 unspecified atom stereocenters. The number of carbonyl (C=O) groups excluding carboxylic acids is 2. The Hall–Kier alpha value is -4.18. The van der Waals surface area contributed by atoms with Crippen molar-refractivity contribution >= 4 is 44.4 Å². The second-order valence-corrected chi connectivity index (χ2v) is 10.1. The van der Waals surface area contributed by atoms with E-state index in [9.17, 15) is 18.2 Å². The van der Waals surface area contributed by atoms with E-state index in [2.05, 4.69) is 31.3 Å². The van der Waals surface area contributed by atoms with Crippen LogP contribution in [0.15, 0.2) is 30.7 Å². The molecule has 13 heteroatoms. The molecule has 0 aliphatic rings. The lowest BCUT2D eigenvalue weighted by atomic mass is 10.2. The summed E-state index contributed by atoms with van der Waals surface area (Å²) in [5.41, 5.74) is 1.45.